The fraction of sp³-hybridized carbons (Fsp3) is 0.174. The maximum Gasteiger partial charge on any atom is 0.321 e. The normalized spacial score (nSPS) is 17.5. The molecule has 1 aliphatic rings. The summed E-state index contributed by atoms with van der Waals surface area (Å²) in [7, 11) is 0. The molecule has 1 atom stereocenters. The Morgan fingerprint density at radius 2 is 1.15 bits per heavy atom. The van der Waals surface area contributed by atoms with Gasteiger partial charge in [-0.2, -0.15) is 0 Å². The van der Waals surface area contributed by atoms with Crippen LogP contribution in [0.4, 0.5) is 0 Å². The fourth-order valence-electron chi connectivity index (χ4n) is 4.08. The SMILES string of the molecule is O=C(O)[C@H]1CCN1C(c1ccccc1)(c1ccccc1)c1ccccc1. The van der Waals surface area contributed by atoms with Crippen molar-refractivity contribution in [3.8, 4) is 0 Å². The lowest BCUT2D eigenvalue weighted by Gasteiger charge is -2.53. The molecule has 130 valence electrons. The van der Waals surface area contributed by atoms with Crippen molar-refractivity contribution in [3.05, 3.63) is 108 Å². The molecule has 0 saturated carbocycles. The number of nitrogens with zero attached hydrogens (tertiary/aromatic N) is 1. The molecule has 0 aromatic heterocycles. The molecule has 1 N–H and O–H groups in total. The monoisotopic (exact) mass is 343 g/mol. The third-order valence-corrected chi connectivity index (χ3v) is 5.31. The lowest BCUT2D eigenvalue weighted by Crippen LogP contribution is -2.62. The van der Waals surface area contributed by atoms with E-state index in [1.165, 1.54) is 0 Å². The summed E-state index contributed by atoms with van der Waals surface area (Å²) < 4.78 is 0. The van der Waals surface area contributed by atoms with Crippen molar-refractivity contribution in [2.45, 2.75) is 18.0 Å². The Kier molecular flexibility index (Phi) is 4.31. The summed E-state index contributed by atoms with van der Waals surface area (Å²) in [4.78, 5) is 14.0. The van der Waals surface area contributed by atoms with Crippen molar-refractivity contribution in [2.24, 2.45) is 0 Å². The second-order valence-corrected chi connectivity index (χ2v) is 6.64. The molecule has 1 fully saturated rings. The van der Waals surface area contributed by atoms with E-state index in [1.54, 1.807) is 0 Å². The van der Waals surface area contributed by atoms with Gasteiger partial charge in [-0.1, -0.05) is 91.0 Å². The van der Waals surface area contributed by atoms with Gasteiger partial charge in [0, 0.05) is 6.54 Å². The molecule has 0 unspecified atom stereocenters. The Bertz CT molecular complexity index is 781. The average Bonchev–Trinajstić information content (AvgIpc) is 2.66. The zero-order valence-corrected chi connectivity index (χ0v) is 14.5. The van der Waals surface area contributed by atoms with Crippen LogP contribution in [-0.4, -0.2) is 28.6 Å². The van der Waals surface area contributed by atoms with Gasteiger partial charge in [-0.05, 0) is 23.1 Å². The molecule has 1 aliphatic heterocycles. The van der Waals surface area contributed by atoms with Crippen LogP contribution >= 0.6 is 0 Å². The van der Waals surface area contributed by atoms with Crippen LogP contribution in [0.1, 0.15) is 23.1 Å². The quantitative estimate of drug-likeness (QED) is 0.708. The highest BCUT2D eigenvalue weighted by Gasteiger charge is 2.51. The minimum atomic E-state index is -0.761. The smallest absolute Gasteiger partial charge is 0.321 e. The van der Waals surface area contributed by atoms with E-state index in [0.717, 1.165) is 23.2 Å². The van der Waals surface area contributed by atoms with Crippen LogP contribution < -0.4 is 0 Å². The summed E-state index contributed by atoms with van der Waals surface area (Å²) >= 11 is 0. The standard InChI is InChI=1S/C23H21NO2/c25-22(26)21-16-17-24(21)23(18-10-4-1-5-11-18,19-12-6-2-7-13-19)20-14-8-3-9-15-20/h1-15,21H,16-17H2,(H,25,26)/t21-/m1/s1. The van der Waals surface area contributed by atoms with E-state index in [4.69, 9.17) is 0 Å². The van der Waals surface area contributed by atoms with E-state index in [9.17, 15) is 9.90 Å². The Morgan fingerprint density at radius 1 is 0.769 bits per heavy atom. The van der Waals surface area contributed by atoms with Crippen molar-refractivity contribution in [1.29, 1.82) is 0 Å². The Morgan fingerprint density at radius 3 is 1.42 bits per heavy atom. The average molecular weight is 343 g/mol. The molecule has 0 spiro atoms. The third kappa shape index (κ3) is 2.52. The minimum absolute atomic E-state index is 0.490. The van der Waals surface area contributed by atoms with E-state index < -0.39 is 17.6 Å². The van der Waals surface area contributed by atoms with Crippen LogP contribution in [0, 0.1) is 0 Å². The number of benzene rings is 3. The number of aliphatic carboxylic acids is 1. The molecule has 0 aliphatic carbocycles. The lowest BCUT2D eigenvalue weighted by molar-refractivity contribution is -0.151. The number of carbonyl (C=O) groups is 1. The summed E-state index contributed by atoms with van der Waals surface area (Å²) in [6.45, 7) is 0.746. The molecule has 0 bridgehead atoms. The molecule has 3 heteroatoms. The molecule has 26 heavy (non-hydrogen) atoms. The molecule has 1 heterocycles. The van der Waals surface area contributed by atoms with Crippen LogP contribution in [0.25, 0.3) is 0 Å². The van der Waals surface area contributed by atoms with E-state index in [2.05, 4.69) is 41.3 Å². The van der Waals surface area contributed by atoms with E-state index >= 15 is 0 Å². The molecule has 3 nitrogen and oxygen atoms in total. The summed E-state index contributed by atoms with van der Waals surface area (Å²) in [5, 5.41) is 9.77. The number of carboxylic acids is 1. The highest BCUT2D eigenvalue weighted by Crippen LogP contribution is 2.46. The van der Waals surface area contributed by atoms with Gasteiger partial charge in [-0.15, -0.1) is 0 Å². The summed E-state index contributed by atoms with van der Waals surface area (Å²) in [5.74, 6) is -0.761. The first-order valence-electron chi connectivity index (χ1n) is 8.90. The van der Waals surface area contributed by atoms with Crippen LogP contribution in [0.2, 0.25) is 0 Å². The van der Waals surface area contributed by atoms with Crippen molar-refractivity contribution in [2.75, 3.05) is 6.54 Å². The van der Waals surface area contributed by atoms with E-state index in [-0.39, 0.29) is 0 Å². The molecule has 4 rings (SSSR count). The summed E-state index contributed by atoms with van der Waals surface area (Å²) in [6, 6.07) is 30.2. The van der Waals surface area contributed by atoms with Gasteiger partial charge >= 0.3 is 5.97 Å². The van der Waals surface area contributed by atoms with Gasteiger partial charge in [0.1, 0.15) is 6.04 Å². The second-order valence-electron chi connectivity index (χ2n) is 6.64. The largest absolute Gasteiger partial charge is 0.480 e. The van der Waals surface area contributed by atoms with Crippen LogP contribution in [0.5, 0.6) is 0 Å². The van der Waals surface area contributed by atoms with Gasteiger partial charge in [0.25, 0.3) is 0 Å². The Hall–Kier alpha value is -2.91. The summed E-state index contributed by atoms with van der Waals surface area (Å²) in [6.07, 6.45) is 0.670. The lowest BCUT2D eigenvalue weighted by atomic mass is 9.72. The topological polar surface area (TPSA) is 40.5 Å². The number of rotatable bonds is 5. The maximum absolute atomic E-state index is 11.9. The van der Waals surface area contributed by atoms with Crippen LogP contribution in [0.15, 0.2) is 91.0 Å². The predicted molar refractivity (Wildman–Crippen MR) is 102 cm³/mol. The van der Waals surface area contributed by atoms with Gasteiger partial charge in [-0.25, -0.2) is 0 Å². The maximum atomic E-state index is 11.9. The molecule has 3 aromatic carbocycles. The van der Waals surface area contributed by atoms with Gasteiger partial charge in [0.05, 0.1) is 5.54 Å². The fourth-order valence-corrected chi connectivity index (χ4v) is 4.08. The molecule has 0 radical (unpaired) electrons. The van der Waals surface area contributed by atoms with Gasteiger partial charge in [0.15, 0.2) is 0 Å². The van der Waals surface area contributed by atoms with Crippen molar-refractivity contribution < 1.29 is 9.90 Å². The highest BCUT2D eigenvalue weighted by molar-refractivity contribution is 5.75. The number of likely N-dealkylation sites (tertiary alicyclic amines) is 1. The van der Waals surface area contributed by atoms with Crippen molar-refractivity contribution >= 4 is 5.97 Å². The Balaban J connectivity index is 2.03. The van der Waals surface area contributed by atoms with Crippen LogP contribution in [-0.2, 0) is 10.3 Å². The van der Waals surface area contributed by atoms with Gasteiger partial charge in [-0.3, -0.25) is 9.69 Å². The minimum Gasteiger partial charge on any atom is -0.480 e. The molecule has 3 aromatic rings. The first kappa shape index (κ1) is 16.6. The van der Waals surface area contributed by atoms with E-state index in [1.807, 2.05) is 54.6 Å². The third-order valence-electron chi connectivity index (χ3n) is 5.31. The molecular weight excluding hydrogens is 322 g/mol. The first-order valence-corrected chi connectivity index (χ1v) is 8.90. The molecule has 1 saturated heterocycles. The zero-order chi connectivity index (χ0) is 18.0. The molecular formula is C23H21NO2. The zero-order valence-electron chi connectivity index (χ0n) is 14.5. The van der Waals surface area contributed by atoms with Crippen molar-refractivity contribution in [1.82, 2.24) is 4.90 Å². The Labute approximate surface area is 153 Å². The van der Waals surface area contributed by atoms with E-state index in [0.29, 0.717) is 6.42 Å². The number of carboxylic acid groups (broad SMARTS) is 1. The number of hydrogen-bond acceptors (Lipinski definition) is 2. The van der Waals surface area contributed by atoms with Gasteiger partial charge in [0.2, 0.25) is 0 Å². The summed E-state index contributed by atoms with van der Waals surface area (Å²) in [5.41, 5.74) is 2.64. The molecule has 0 amide bonds. The van der Waals surface area contributed by atoms with Gasteiger partial charge < -0.3 is 5.11 Å². The predicted octanol–water partition coefficient (Wildman–Crippen LogP) is 4.14. The number of hydrogen-bond donors (Lipinski definition) is 1. The highest BCUT2D eigenvalue weighted by atomic mass is 16.4. The second kappa shape index (κ2) is 6.77. The van der Waals surface area contributed by atoms with Crippen molar-refractivity contribution in [3.63, 3.8) is 0 Å². The van der Waals surface area contributed by atoms with Crippen LogP contribution in [0.3, 0.4) is 0 Å². The first-order chi connectivity index (χ1) is 12.7.